The van der Waals surface area contributed by atoms with E-state index in [1.807, 2.05) is 6.92 Å². The van der Waals surface area contributed by atoms with Crippen LogP contribution < -0.4 is 11.1 Å². The molecule has 1 rings (SSSR count). The maximum Gasteiger partial charge on any atom is 0.317 e. The van der Waals surface area contributed by atoms with Crippen LogP contribution in [-0.2, 0) is 4.79 Å². The highest BCUT2D eigenvalue weighted by molar-refractivity contribution is 5.79. The number of nitrogens with one attached hydrogen (secondary N) is 1. The van der Waals surface area contributed by atoms with E-state index in [0.717, 1.165) is 0 Å². The van der Waals surface area contributed by atoms with E-state index in [9.17, 15) is 9.59 Å². The number of nitrogens with zero attached hydrogens (tertiary/aromatic N) is 1. The van der Waals surface area contributed by atoms with E-state index in [2.05, 4.69) is 5.32 Å². The number of carbonyl (C=O) groups excluding carboxylic acids is 1. The molecule has 1 aliphatic heterocycles. The van der Waals surface area contributed by atoms with Crippen molar-refractivity contribution in [3.8, 4) is 0 Å². The molecule has 0 saturated carbocycles. The first-order valence-electron chi connectivity index (χ1n) is 5.52. The summed E-state index contributed by atoms with van der Waals surface area (Å²) in [7, 11) is 0. The summed E-state index contributed by atoms with van der Waals surface area (Å²) in [6.45, 7) is 3.43. The summed E-state index contributed by atoms with van der Waals surface area (Å²) >= 11 is 0. The van der Waals surface area contributed by atoms with Crippen LogP contribution in [0.3, 0.4) is 0 Å². The van der Waals surface area contributed by atoms with Gasteiger partial charge >= 0.3 is 12.0 Å². The topological polar surface area (TPSA) is 95.7 Å². The quantitative estimate of drug-likeness (QED) is 0.624. The van der Waals surface area contributed by atoms with Crippen LogP contribution in [0.2, 0.25) is 0 Å². The van der Waals surface area contributed by atoms with Gasteiger partial charge in [0.05, 0.1) is 5.41 Å². The van der Waals surface area contributed by atoms with Crippen LogP contribution >= 0.6 is 0 Å². The molecule has 0 spiro atoms. The highest BCUT2D eigenvalue weighted by Crippen LogP contribution is 2.33. The molecule has 2 amide bonds. The van der Waals surface area contributed by atoms with E-state index in [4.69, 9.17) is 10.8 Å². The van der Waals surface area contributed by atoms with Gasteiger partial charge in [-0.3, -0.25) is 4.79 Å². The van der Waals surface area contributed by atoms with E-state index in [0.29, 0.717) is 32.5 Å². The Balaban J connectivity index is 2.57. The van der Waals surface area contributed by atoms with Crippen molar-refractivity contribution in [1.82, 2.24) is 10.2 Å². The van der Waals surface area contributed by atoms with Crippen LogP contribution in [0.15, 0.2) is 0 Å². The second-order valence-electron chi connectivity index (χ2n) is 4.13. The highest BCUT2D eigenvalue weighted by atomic mass is 16.4. The number of rotatable bonds is 4. The fourth-order valence-corrected chi connectivity index (χ4v) is 1.95. The molecule has 1 fully saturated rings. The predicted molar refractivity (Wildman–Crippen MR) is 59.0 cm³/mol. The van der Waals surface area contributed by atoms with Crippen molar-refractivity contribution in [2.45, 2.75) is 19.8 Å². The largest absolute Gasteiger partial charge is 0.481 e. The summed E-state index contributed by atoms with van der Waals surface area (Å²) in [5.74, 6) is -0.816. The van der Waals surface area contributed by atoms with Gasteiger partial charge < -0.3 is 21.1 Å². The number of likely N-dealkylation sites (tertiary alicyclic amines) is 1. The van der Waals surface area contributed by atoms with Gasteiger partial charge in [-0.2, -0.15) is 0 Å². The van der Waals surface area contributed by atoms with E-state index in [-0.39, 0.29) is 12.6 Å². The van der Waals surface area contributed by atoms with Gasteiger partial charge in [-0.05, 0) is 12.8 Å². The Kier molecular flexibility index (Phi) is 4.12. The van der Waals surface area contributed by atoms with Gasteiger partial charge in [0, 0.05) is 26.2 Å². The van der Waals surface area contributed by atoms with Crippen LogP contribution in [0.25, 0.3) is 0 Å². The third-order valence-electron chi connectivity index (χ3n) is 3.19. The summed E-state index contributed by atoms with van der Waals surface area (Å²) in [5.41, 5.74) is 4.51. The SMILES string of the molecule is CCC1(C(=O)O)CCN(C(=O)NCCN)C1. The molecule has 1 atom stereocenters. The minimum absolute atomic E-state index is 0.220. The summed E-state index contributed by atoms with van der Waals surface area (Å²) in [6, 6.07) is -0.220. The lowest BCUT2D eigenvalue weighted by Crippen LogP contribution is -2.42. The zero-order valence-electron chi connectivity index (χ0n) is 9.53. The Bertz CT molecular complexity index is 282. The Morgan fingerprint density at radius 2 is 2.25 bits per heavy atom. The summed E-state index contributed by atoms with van der Waals surface area (Å²) < 4.78 is 0. The summed E-state index contributed by atoms with van der Waals surface area (Å²) in [6.07, 6.45) is 1.07. The Hall–Kier alpha value is -1.30. The van der Waals surface area contributed by atoms with Crippen molar-refractivity contribution >= 4 is 12.0 Å². The first kappa shape index (κ1) is 12.8. The van der Waals surface area contributed by atoms with Crippen molar-refractivity contribution in [2.24, 2.45) is 11.1 Å². The molecule has 0 aliphatic carbocycles. The zero-order valence-corrected chi connectivity index (χ0v) is 9.53. The van der Waals surface area contributed by atoms with Gasteiger partial charge in [-0.25, -0.2) is 4.79 Å². The fraction of sp³-hybridized carbons (Fsp3) is 0.800. The van der Waals surface area contributed by atoms with E-state index in [1.54, 1.807) is 4.90 Å². The van der Waals surface area contributed by atoms with Crippen molar-refractivity contribution in [2.75, 3.05) is 26.2 Å². The van der Waals surface area contributed by atoms with Gasteiger partial charge in [-0.15, -0.1) is 0 Å². The van der Waals surface area contributed by atoms with E-state index < -0.39 is 11.4 Å². The molecule has 1 saturated heterocycles. The van der Waals surface area contributed by atoms with E-state index in [1.165, 1.54) is 0 Å². The molecule has 92 valence electrons. The molecule has 0 aromatic rings. The van der Waals surface area contributed by atoms with Crippen molar-refractivity contribution < 1.29 is 14.7 Å². The second kappa shape index (κ2) is 5.16. The number of nitrogens with two attached hydrogens (primary N) is 1. The molecule has 1 aliphatic rings. The Morgan fingerprint density at radius 3 is 2.69 bits per heavy atom. The first-order chi connectivity index (χ1) is 7.55. The third-order valence-corrected chi connectivity index (χ3v) is 3.19. The van der Waals surface area contributed by atoms with Gasteiger partial charge in [0.2, 0.25) is 0 Å². The molecular weight excluding hydrogens is 210 g/mol. The number of urea groups is 1. The summed E-state index contributed by atoms with van der Waals surface area (Å²) in [5, 5.41) is 11.8. The molecular formula is C10H19N3O3. The fourth-order valence-electron chi connectivity index (χ4n) is 1.95. The van der Waals surface area contributed by atoms with Gasteiger partial charge in [0.25, 0.3) is 0 Å². The number of carbonyl (C=O) groups is 2. The molecule has 6 nitrogen and oxygen atoms in total. The second-order valence-corrected chi connectivity index (χ2v) is 4.13. The monoisotopic (exact) mass is 229 g/mol. The maximum absolute atomic E-state index is 11.6. The Labute approximate surface area is 94.8 Å². The standard InChI is InChI=1S/C10H19N3O3/c1-2-10(8(14)15)3-6-13(7-10)9(16)12-5-4-11/h2-7,11H2,1H3,(H,12,16)(H,14,15). The van der Waals surface area contributed by atoms with Crippen LogP contribution in [0.4, 0.5) is 4.79 Å². The molecule has 4 N–H and O–H groups in total. The maximum atomic E-state index is 11.6. The normalized spacial score (nSPS) is 24.5. The molecule has 6 heteroatoms. The minimum Gasteiger partial charge on any atom is -0.481 e. The van der Waals surface area contributed by atoms with Crippen LogP contribution in [0, 0.1) is 5.41 Å². The molecule has 1 unspecified atom stereocenters. The number of aliphatic carboxylic acids is 1. The van der Waals surface area contributed by atoms with Crippen molar-refractivity contribution in [1.29, 1.82) is 0 Å². The molecule has 0 aromatic heterocycles. The van der Waals surface area contributed by atoms with Crippen molar-refractivity contribution in [3.63, 3.8) is 0 Å². The zero-order chi connectivity index (χ0) is 12.2. The molecule has 0 radical (unpaired) electrons. The lowest BCUT2D eigenvalue weighted by atomic mass is 9.84. The average Bonchev–Trinajstić information content (AvgIpc) is 2.71. The lowest BCUT2D eigenvalue weighted by Gasteiger charge is -2.23. The number of carboxylic acids is 1. The number of hydrogen-bond donors (Lipinski definition) is 3. The average molecular weight is 229 g/mol. The minimum atomic E-state index is -0.816. The van der Waals surface area contributed by atoms with Crippen molar-refractivity contribution in [3.05, 3.63) is 0 Å². The highest BCUT2D eigenvalue weighted by Gasteiger charge is 2.44. The molecule has 16 heavy (non-hydrogen) atoms. The third kappa shape index (κ3) is 2.44. The van der Waals surface area contributed by atoms with Gasteiger partial charge in [0.1, 0.15) is 0 Å². The molecule has 0 bridgehead atoms. The van der Waals surface area contributed by atoms with Crippen LogP contribution in [0.1, 0.15) is 19.8 Å². The smallest absolute Gasteiger partial charge is 0.317 e. The number of hydrogen-bond acceptors (Lipinski definition) is 3. The van der Waals surface area contributed by atoms with Crippen LogP contribution in [-0.4, -0.2) is 48.2 Å². The predicted octanol–water partition coefficient (Wildman–Crippen LogP) is -0.159. The van der Waals surface area contributed by atoms with Gasteiger partial charge in [-0.1, -0.05) is 6.92 Å². The van der Waals surface area contributed by atoms with E-state index >= 15 is 0 Å². The molecule has 1 heterocycles. The first-order valence-corrected chi connectivity index (χ1v) is 5.52. The Morgan fingerprint density at radius 1 is 1.56 bits per heavy atom. The van der Waals surface area contributed by atoms with Gasteiger partial charge in [0.15, 0.2) is 0 Å². The lowest BCUT2D eigenvalue weighted by molar-refractivity contribution is -0.148. The summed E-state index contributed by atoms with van der Waals surface area (Å²) in [4.78, 5) is 24.3. The van der Waals surface area contributed by atoms with Crippen LogP contribution in [0.5, 0.6) is 0 Å². The number of amides is 2. The molecule has 0 aromatic carbocycles. The number of carboxylic acid groups (broad SMARTS) is 1.